The van der Waals surface area contributed by atoms with Crippen molar-refractivity contribution in [2.45, 2.75) is 95.1 Å². The van der Waals surface area contributed by atoms with Crippen LogP contribution in [0.4, 0.5) is 0 Å². The predicted octanol–water partition coefficient (Wildman–Crippen LogP) is 4.08. The zero-order chi connectivity index (χ0) is 14.3. The molecule has 0 aromatic carbocycles. The lowest BCUT2D eigenvalue weighted by Gasteiger charge is -2.52. The van der Waals surface area contributed by atoms with Crippen LogP contribution >= 0.6 is 0 Å². The van der Waals surface area contributed by atoms with Crippen LogP contribution in [0.15, 0.2) is 0 Å². The topological polar surface area (TPSA) is 29.3 Å². The van der Waals surface area contributed by atoms with Gasteiger partial charge in [0.2, 0.25) is 0 Å². The molecular weight excluding hydrogens is 256 g/mol. The van der Waals surface area contributed by atoms with Gasteiger partial charge in [0.15, 0.2) is 0 Å². The lowest BCUT2D eigenvalue weighted by atomic mass is 9.65. The van der Waals surface area contributed by atoms with Gasteiger partial charge in [-0.25, -0.2) is 0 Å². The van der Waals surface area contributed by atoms with Crippen LogP contribution in [0.1, 0.15) is 83.5 Å². The minimum atomic E-state index is 0.380. The molecule has 0 bridgehead atoms. The van der Waals surface area contributed by atoms with Crippen LogP contribution in [-0.4, -0.2) is 29.6 Å². The Kier molecular flexibility index (Phi) is 3.82. The number of likely N-dealkylation sites (tertiary alicyclic amines) is 1. The van der Waals surface area contributed by atoms with Crippen molar-refractivity contribution in [2.24, 2.45) is 17.1 Å². The second kappa shape index (κ2) is 5.53. The third-order valence-electron chi connectivity index (χ3n) is 7.90. The highest BCUT2D eigenvalue weighted by atomic mass is 15.3. The maximum absolute atomic E-state index is 6.39. The molecule has 21 heavy (non-hydrogen) atoms. The average molecular weight is 290 g/mol. The summed E-state index contributed by atoms with van der Waals surface area (Å²) >= 11 is 0. The second-order valence-electron chi connectivity index (χ2n) is 8.73. The Morgan fingerprint density at radius 2 is 1.52 bits per heavy atom. The minimum absolute atomic E-state index is 0.380. The molecule has 4 fully saturated rings. The molecule has 3 aliphatic carbocycles. The van der Waals surface area contributed by atoms with Gasteiger partial charge in [0.1, 0.15) is 0 Å². The van der Waals surface area contributed by atoms with E-state index in [0.29, 0.717) is 5.54 Å². The molecule has 2 N–H and O–H groups in total. The summed E-state index contributed by atoms with van der Waals surface area (Å²) in [6.45, 7) is 2.26. The van der Waals surface area contributed by atoms with E-state index >= 15 is 0 Å². The van der Waals surface area contributed by atoms with E-state index in [1.807, 2.05) is 0 Å². The molecule has 1 heterocycles. The van der Waals surface area contributed by atoms with Crippen molar-refractivity contribution < 1.29 is 0 Å². The number of hydrogen-bond acceptors (Lipinski definition) is 2. The summed E-state index contributed by atoms with van der Waals surface area (Å²) in [6, 6.07) is 0.889. The fourth-order valence-corrected chi connectivity index (χ4v) is 6.47. The quantitative estimate of drug-likeness (QED) is 0.830. The van der Waals surface area contributed by atoms with Crippen molar-refractivity contribution in [1.29, 1.82) is 0 Å². The van der Waals surface area contributed by atoms with E-state index in [2.05, 4.69) is 4.90 Å². The summed E-state index contributed by atoms with van der Waals surface area (Å²) in [7, 11) is 0. The summed E-state index contributed by atoms with van der Waals surface area (Å²) < 4.78 is 0. The van der Waals surface area contributed by atoms with Crippen LogP contribution in [0.5, 0.6) is 0 Å². The molecule has 0 radical (unpaired) electrons. The molecule has 2 heteroatoms. The first-order valence-electron chi connectivity index (χ1n) is 9.74. The Morgan fingerprint density at radius 3 is 2.24 bits per heavy atom. The maximum atomic E-state index is 6.39. The second-order valence-corrected chi connectivity index (χ2v) is 8.73. The number of nitrogens with zero attached hydrogens (tertiary/aromatic N) is 1. The molecule has 2 atom stereocenters. The highest BCUT2D eigenvalue weighted by Gasteiger charge is 2.50. The molecule has 2 nitrogen and oxygen atoms in total. The highest BCUT2D eigenvalue weighted by molar-refractivity contribution is 5.06. The Labute approximate surface area is 130 Å². The summed E-state index contributed by atoms with van der Waals surface area (Å²) in [5, 5.41) is 0. The number of nitrogens with two attached hydrogens (primary N) is 1. The zero-order valence-corrected chi connectivity index (χ0v) is 13.8. The van der Waals surface area contributed by atoms with Crippen molar-refractivity contribution in [2.75, 3.05) is 13.1 Å². The van der Waals surface area contributed by atoms with E-state index < -0.39 is 0 Å². The fourth-order valence-electron chi connectivity index (χ4n) is 6.47. The Hall–Kier alpha value is -0.0800. The first-order valence-corrected chi connectivity index (χ1v) is 9.74. The Morgan fingerprint density at radius 1 is 0.810 bits per heavy atom. The molecule has 0 amide bonds. The van der Waals surface area contributed by atoms with E-state index in [0.717, 1.165) is 23.9 Å². The maximum Gasteiger partial charge on any atom is 0.0335 e. The Balaban J connectivity index is 1.49. The van der Waals surface area contributed by atoms with Crippen molar-refractivity contribution in [1.82, 2.24) is 4.90 Å². The van der Waals surface area contributed by atoms with Gasteiger partial charge < -0.3 is 5.73 Å². The third kappa shape index (κ3) is 2.37. The van der Waals surface area contributed by atoms with Gasteiger partial charge in [0.05, 0.1) is 0 Å². The predicted molar refractivity (Wildman–Crippen MR) is 88.2 cm³/mol. The number of hydrogen-bond donors (Lipinski definition) is 1. The molecule has 120 valence electrons. The monoisotopic (exact) mass is 290 g/mol. The fraction of sp³-hybridized carbons (Fsp3) is 1.00. The minimum Gasteiger partial charge on any atom is -0.329 e. The van der Waals surface area contributed by atoms with Crippen LogP contribution < -0.4 is 5.73 Å². The van der Waals surface area contributed by atoms with Crippen LogP contribution in [0, 0.1) is 11.3 Å². The summed E-state index contributed by atoms with van der Waals surface area (Å²) in [5.74, 6) is 1.00. The first kappa shape index (κ1) is 14.5. The Bertz CT molecular complexity index is 362. The van der Waals surface area contributed by atoms with Crippen LogP contribution in [0.3, 0.4) is 0 Å². The van der Waals surface area contributed by atoms with Crippen molar-refractivity contribution >= 4 is 0 Å². The highest BCUT2D eigenvalue weighted by Crippen LogP contribution is 2.54. The van der Waals surface area contributed by atoms with E-state index in [4.69, 9.17) is 5.73 Å². The van der Waals surface area contributed by atoms with Gasteiger partial charge in [-0.1, -0.05) is 25.7 Å². The summed E-state index contributed by atoms with van der Waals surface area (Å²) in [6.07, 6.45) is 19.1. The average Bonchev–Trinajstić information content (AvgIpc) is 3.17. The molecule has 4 aliphatic rings. The molecule has 4 rings (SSSR count). The first-order chi connectivity index (χ1) is 10.3. The van der Waals surface area contributed by atoms with Crippen LogP contribution in [0.25, 0.3) is 0 Å². The molecule has 1 saturated heterocycles. The van der Waals surface area contributed by atoms with Gasteiger partial charge in [-0.2, -0.15) is 0 Å². The lowest BCUT2D eigenvalue weighted by molar-refractivity contribution is -0.00693. The van der Waals surface area contributed by atoms with Gasteiger partial charge in [0.25, 0.3) is 0 Å². The van der Waals surface area contributed by atoms with Crippen molar-refractivity contribution in [3.8, 4) is 0 Å². The van der Waals surface area contributed by atoms with E-state index in [1.54, 1.807) is 0 Å². The van der Waals surface area contributed by atoms with Gasteiger partial charge >= 0.3 is 0 Å². The summed E-state index contributed by atoms with van der Waals surface area (Å²) in [5.41, 5.74) is 7.51. The summed E-state index contributed by atoms with van der Waals surface area (Å²) in [4.78, 5) is 2.93. The van der Waals surface area contributed by atoms with Crippen molar-refractivity contribution in [3.63, 3.8) is 0 Å². The largest absolute Gasteiger partial charge is 0.329 e. The van der Waals surface area contributed by atoms with Gasteiger partial charge in [-0.3, -0.25) is 4.90 Å². The third-order valence-corrected chi connectivity index (χ3v) is 7.90. The lowest BCUT2D eigenvalue weighted by Crippen LogP contribution is -2.59. The van der Waals surface area contributed by atoms with E-state index in [9.17, 15) is 0 Å². The zero-order valence-electron chi connectivity index (χ0n) is 13.8. The number of fused-ring (bicyclic) bond motifs is 1. The van der Waals surface area contributed by atoms with Crippen molar-refractivity contribution in [3.05, 3.63) is 0 Å². The molecule has 1 spiro atoms. The van der Waals surface area contributed by atoms with E-state index in [-0.39, 0.29) is 0 Å². The molecule has 0 aromatic heterocycles. The van der Waals surface area contributed by atoms with Crippen LogP contribution in [-0.2, 0) is 0 Å². The smallest absolute Gasteiger partial charge is 0.0335 e. The molecule has 0 aromatic rings. The molecule has 2 unspecified atom stereocenters. The van der Waals surface area contributed by atoms with Gasteiger partial charge in [0, 0.05) is 18.1 Å². The molecular formula is C19H34N2. The molecule has 1 aliphatic heterocycles. The normalized spacial score (nSPS) is 38.7. The van der Waals surface area contributed by atoms with Crippen LogP contribution in [0.2, 0.25) is 0 Å². The van der Waals surface area contributed by atoms with Gasteiger partial charge in [-0.05, 0) is 75.7 Å². The standard InChI is InChI=1S/C19H34N2/c20-15-19(12-10-18(11-13-19)8-3-4-9-18)21-14-7-16-5-1-2-6-17(16)21/h16-17H,1-15,20H2. The molecule has 3 saturated carbocycles. The SMILES string of the molecule is NCC1(N2CCC3CCCCC32)CCC2(CCCC2)CC1. The van der Waals surface area contributed by atoms with E-state index in [1.165, 1.54) is 90.0 Å². The number of rotatable bonds is 2. The van der Waals surface area contributed by atoms with Gasteiger partial charge in [-0.15, -0.1) is 0 Å².